The third-order valence-electron chi connectivity index (χ3n) is 7.52. The first-order valence-corrected chi connectivity index (χ1v) is 14.2. The maximum atomic E-state index is 13.7. The quantitative estimate of drug-likeness (QED) is 0.334. The highest BCUT2D eigenvalue weighted by atomic mass is 16.5. The van der Waals surface area contributed by atoms with Crippen LogP contribution in [0.15, 0.2) is 36.4 Å². The van der Waals surface area contributed by atoms with E-state index in [0.717, 1.165) is 62.0 Å². The molecule has 0 aromatic heterocycles. The molecule has 2 aromatic carbocycles. The van der Waals surface area contributed by atoms with Gasteiger partial charge in [-0.2, -0.15) is 0 Å². The smallest absolute Gasteiger partial charge is 0.324 e. The number of unbranched alkanes of at least 4 members (excludes halogenated alkanes) is 2. The molecule has 39 heavy (non-hydrogen) atoms. The van der Waals surface area contributed by atoms with Crippen molar-refractivity contribution in [2.24, 2.45) is 5.92 Å². The normalized spacial score (nSPS) is 17.5. The molecular formula is C31H43N3O5. The Morgan fingerprint density at radius 2 is 1.72 bits per heavy atom. The van der Waals surface area contributed by atoms with Crippen LogP contribution in [0.5, 0.6) is 17.2 Å². The lowest BCUT2D eigenvalue weighted by molar-refractivity contribution is -0.129. The number of amides is 3. The predicted octanol–water partition coefficient (Wildman–Crippen LogP) is 5.52. The zero-order valence-electron chi connectivity index (χ0n) is 23.9. The van der Waals surface area contributed by atoms with Gasteiger partial charge in [-0.15, -0.1) is 0 Å². The number of ether oxygens (including phenoxy) is 3. The SMILES string of the molecule is CCCCCOc1cc(N2C[C@H](C)CN(Cc3ccc(CC(=O)N4CCCC4)cc3OC)C2=O)ccc1OC. The Labute approximate surface area is 232 Å². The van der Waals surface area contributed by atoms with Crippen LogP contribution in [0.4, 0.5) is 10.5 Å². The summed E-state index contributed by atoms with van der Waals surface area (Å²) in [4.78, 5) is 31.9. The van der Waals surface area contributed by atoms with E-state index in [1.54, 1.807) is 14.2 Å². The van der Waals surface area contributed by atoms with E-state index in [2.05, 4.69) is 13.8 Å². The Kier molecular flexibility index (Phi) is 9.96. The minimum atomic E-state index is -0.0504. The maximum Gasteiger partial charge on any atom is 0.324 e. The number of benzene rings is 2. The van der Waals surface area contributed by atoms with E-state index in [0.29, 0.717) is 49.9 Å². The lowest BCUT2D eigenvalue weighted by atomic mass is 10.0. The standard InChI is InChI=1S/C31H43N3O5/c1-5-6-9-16-39-29-19-26(12-13-27(29)37-3)34-21-23(2)20-33(31(34)36)22-25-11-10-24(17-28(25)38-4)18-30(35)32-14-7-8-15-32/h10-13,17,19,23H,5-9,14-16,18,20-22H2,1-4H3/t23-/m1/s1. The summed E-state index contributed by atoms with van der Waals surface area (Å²) in [5.41, 5.74) is 2.65. The van der Waals surface area contributed by atoms with Crippen molar-refractivity contribution < 1.29 is 23.8 Å². The first kappa shape index (κ1) is 28.6. The number of carbonyl (C=O) groups excluding carboxylic acids is 2. The van der Waals surface area contributed by atoms with Crippen LogP contribution in [0.3, 0.4) is 0 Å². The second kappa shape index (κ2) is 13.6. The van der Waals surface area contributed by atoms with Gasteiger partial charge in [-0.25, -0.2) is 4.79 Å². The largest absolute Gasteiger partial charge is 0.496 e. The van der Waals surface area contributed by atoms with Gasteiger partial charge in [0.15, 0.2) is 11.5 Å². The zero-order valence-corrected chi connectivity index (χ0v) is 23.9. The fraction of sp³-hybridized carbons (Fsp3) is 0.548. The second-order valence-electron chi connectivity index (χ2n) is 10.7. The van der Waals surface area contributed by atoms with Crippen LogP contribution in [-0.4, -0.2) is 68.7 Å². The molecule has 0 saturated carbocycles. The molecule has 0 spiro atoms. The molecular weight excluding hydrogens is 494 g/mol. The highest BCUT2D eigenvalue weighted by Crippen LogP contribution is 2.34. The molecule has 0 N–H and O–H groups in total. The van der Waals surface area contributed by atoms with Gasteiger partial charge >= 0.3 is 6.03 Å². The van der Waals surface area contributed by atoms with E-state index in [1.807, 2.05) is 51.1 Å². The van der Waals surface area contributed by atoms with Crippen LogP contribution in [0.1, 0.15) is 57.1 Å². The van der Waals surface area contributed by atoms with Gasteiger partial charge in [-0.05, 0) is 48.9 Å². The Bertz CT molecular complexity index is 1130. The minimum Gasteiger partial charge on any atom is -0.496 e. The number of carbonyl (C=O) groups is 2. The van der Waals surface area contributed by atoms with E-state index in [1.165, 1.54) is 0 Å². The van der Waals surface area contributed by atoms with Gasteiger partial charge in [0.2, 0.25) is 5.91 Å². The Balaban J connectivity index is 1.48. The second-order valence-corrected chi connectivity index (χ2v) is 10.7. The molecule has 2 saturated heterocycles. The topological polar surface area (TPSA) is 71.5 Å². The number of urea groups is 1. The number of hydrogen-bond donors (Lipinski definition) is 0. The van der Waals surface area contributed by atoms with Crippen molar-refractivity contribution in [2.45, 2.75) is 58.9 Å². The third kappa shape index (κ3) is 7.16. The fourth-order valence-electron chi connectivity index (χ4n) is 5.39. The van der Waals surface area contributed by atoms with E-state index in [-0.39, 0.29) is 17.9 Å². The minimum absolute atomic E-state index is 0.0504. The van der Waals surface area contributed by atoms with Crippen molar-refractivity contribution in [3.8, 4) is 17.2 Å². The van der Waals surface area contributed by atoms with Crippen LogP contribution in [0.2, 0.25) is 0 Å². The van der Waals surface area contributed by atoms with Crippen LogP contribution < -0.4 is 19.1 Å². The molecule has 0 bridgehead atoms. The fourth-order valence-corrected chi connectivity index (χ4v) is 5.39. The van der Waals surface area contributed by atoms with Gasteiger partial charge in [-0.3, -0.25) is 9.69 Å². The average Bonchev–Trinajstić information content (AvgIpc) is 3.49. The van der Waals surface area contributed by atoms with Crippen LogP contribution >= 0.6 is 0 Å². The molecule has 0 unspecified atom stereocenters. The van der Waals surface area contributed by atoms with Gasteiger partial charge in [-0.1, -0.05) is 38.8 Å². The van der Waals surface area contributed by atoms with Gasteiger partial charge in [0.1, 0.15) is 5.75 Å². The number of hydrogen-bond acceptors (Lipinski definition) is 5. The molecule has 2 fully saturated rings. The molecule has 2 aliphatic rings. The van der Waals surface area contributed by atoms with Crippen molar-refractivity contribution in [1.82, 2.24) is 9.80 Å². The van der Waals surface area contributed by atoms with E-state index >= 15 is 0 Å². The summed E-state index contributed by atoms with van der Waals surface area (Å²) in [6.07, 6.45) is 5.74. The number of rotatable bonds is 12. The predicted molar refractivity (Wildman–Crippen MR) is 153 cm³/mol. The molecule has 212 valence electrons. The molecule has 2 heterocycles. The molecule has 1 atom stereocenters. The zero-order chi connectivity index (χ0) is 27.8. The van der Waals surface area contributed by atoms with E-state index in [9.17, 15) is 9.59 Å². The number of anilines is 1. The van der Waals surface area contributed by atoms with Crippen LogP contribution in [0, 0.1) is 5.92 Å². The van der Waals surface area contributed by atoms with Crippen molar-refractivity contribution in [3.05, 3.63) is 47.5 Å². The number of nitrogens with zero attached hydrogens (tertiary/aromatic N) is 3. The highest BCUT2D eigenvalue weighted by Gasteiger charge is 2.32. The molecule has 8 nitrogen and oxygen atoms in total. The third-order valence-corrected chi connectivity index (χ3v) is 7.52. The van der Waals surface area contributed by atoms with E-state index < -0.39 is 0 Å². The summed E-state index contributed by atoms with van der Waals surface area (Å²) >= 11 is 0. The lowest BCUT2D eigenvalue weighted by Gasteiger charge is -2.39. The lowest BCUT2D eigenvalue weighted by Crippen LogP contribution is -2.52. The molecule has 8 heteroatoms. The van der Waals surface area contributed by atoms with Crippen molar-refractivity contribution in [2.75, 3.05) is 51.9 Å². The first-order valence-electron chi connectivity index (χ1n) is 14.2. The van der Waals surface area contributed by atoms with Crippen molar-refractivity contribution in [3.63, 3.8) is 0 Å². The average molecular weight is 538 g/mol. The van der Waals surface area contributed by atoms with Crippen LogP contribution in [0.25, 0.3) is 0 Å². The first-order chi connectivity index (χ1) is 18.9. The van der Waals surface area contributed by atoms with Gasteiger partial charge in [0.05, 0.1) is 33.8 Å². The summed E-state index contributed by atoms with van der Waals surface area (Å²) in [6, 6.07) is 11.5. The van der Waals surface area contributed by atoms with Gasteiger partial charge in [0.25, 0.3) is 0 Å². The van der Waals surface area contributed by atoms with Crippen molar-refractivity contribution >= 4 is 17.6 Å². The van der Waals surface area contributed by atoms with Crippen molar-refractivity contribution in [1.29, 1.82) is 0 Å². The summed E-state index contributed by atoms with van der Waals surface area (Å²) in [7, 11) is 3.27. The van der Waals surface area contributed by atoms with Gasteiger partial charge in [0, 0.05) is 43.5 Å². The summed E-state index contributed by atoms with van der Waals surface area (Å²) in [5, 5.41) is 0. The summed E-state index contributed by atoms with van der Waals surface area (Å²) in [5.74, 6) is 2.46. The molecule has 0 aliphatic carbocycles. The Hall–Kier alpha value is -3.42. The number of methoxy groups -OCH3 is 2. The molecule has 3 amide bonds. The summed E-state index contributed by atoms with van der Waals surface area (Å²) < 4.78 is 17.2. The Morgan fingerprint density at radius 1 is 0.949 bits per heavy atom. The monoisotopic (exact) mass is 537 g/mol. The van der Waals surface area contributed by atoms with E-state index in [4.69, 9.17) is 14.2 Å². The summed E-state index contributed by atoms with van der Waals surface area (Å²) in [6.45, 7) is 8.35. The molecule has 2 aliphatic heterocycles. The molecule has 4 rings (SSSR count). The molecule has 0 radical (unpaired) electrons. The highest BCUT2D eigenvalue weighted by molar-refractivity contribution is 5.93. The Morgan fingerprint density at radius 3 is 2.44 bits per heavy atom. The number of likely N-dealkylation sites (tertiary alicyclic amines) is 1. The maximum absolute atomic E-state index is 13.7. The molecule has 2 aromatic rings. The van der Waals surface area contributed by atoms with Gasteiger partial charge < -0.3 is 24.0 Å². The van der Waals surface area contributed by atoms with Crippen LogP contribution in [-0.2, 0) is 17.8 Å².